The number of likely N-dealkylation sites (N-methyl/N-ethyl adjacent to an activating group) is 1. The van der Waals surface area contributed by atoms with Crippen LogP contribution in [-0.4, -0.2) is 35.6 Å². The Bertz CT molecular complexity index is 327. The Kier molecular flexibility index (Phi) is 2.91. The lowest BCUT2D eigenvalue weighted by Gasteiger charge is -2.13. The van der Waals surface area contributed by atoms with Crippen LogP contribution in [0.3, 0.4) is 0 Å². The highest BCUT2D eigenvalue weighted by Crippen LogP contribution is 2.18. The number of nitrogens with zero attached hydrogens (tertiary/aromatic N) is 2. The Morgan fingerprint density at radius 3 is 2.87 bits per heavy atom. The predicted molar refractivity (Wildman–Crippen MR) is 63.1 cm³/mol. The van der Waals surface area contributed by atoms with Crippen LogP contribution in [0.15, 0.2) is 18.2 Å². The molecule has 82 valence electrons. The Morgan fingerprint density at radius 2 is 2.27 bits per heavy atom. The van der Waals surface area contributed by atoms with E-state index in [-0.39, 0.29) is 0 Å². The molecule has 0 bridgehead atoms. The topological polar surface area (TPSA) is 28.2 Å². The molecule has 0 aliphatic carbocycles. The zero-order valence-corrected chi connectivity index (χ0v) is 9.70. The third kappa shape index (κ3) is 2.48. The number of aryl methyl sites for hydroxylation is 1. The quantitative estimate of drug-likeness (QED) is 0.799. The van der Waals surface area contributed by atoms with Crippen molar-refractivity contribution in [2.75, 3.05) is 18.9 Å². The van der Waals surface area contributed by atoms with Crippen molar-refractivity contribution >= 4 is 5.82 Å². The number of hydrogen-bond donors (Lipinski definition) is 1. The fraction of sp³-hybridized carbons (Fsp3) is 0.583. The summed E-state index contributed by atoms with van der Waals surface area (Å²) in [6.07, 6.45) is 1.20. The zero-order valence-electron chi connectivity index (χ0n) is 9.70. The molecule has 0 amide bonds. The van der Waals surface area contributed by atoms with Crippen LogP contribution in [0, 0.1) is 6.92 Å². The van der Waals surface area contributed by atoms with Gasteiger partial charge in [0.2, 0.25) is 0 Å². The average molecular weight is 205 g/mol. The fourth-order valence-electron chi connectivity index (χ4n) is 2.13. The van der Waals surface area contributed by atoms with Crippen molar-refractivity contribution in [1.82, 2.24) is 9.88 Å². The summed E-state index contributed by atoms with van der Waals surface area (Å²) in [5.41, 5.74) is 1.07. The monoisotopic (exact) mass is 205 g/mol. The Morgan fingerprint density at radius 1 is 1.47 bits per heavy atom. The van der Waals surface area contributed by atoms with Gasteiger partial charge in [0, 0.05) is 24.3 Å². The number of nitrogens with one attached hydrogen (secondary N) is 1. The summed E-state index contributed by atoms with van der Waals surface area (Å²) in [6.45, 7) is 5.40. The van der Waals surface area contributed by atoms with Gasteiger partial charge in [-0.05, 0) is 39.4 Å². The molecule has 0 spiro atoms. The number of pyridine rings is 1. The summed E-state index contributed by atoms with van der Waals surface area (Å²) < 4.78 is 0. The molecule has 1 aromatic rings. The van der Waals surface area contributed by atoms with Crippen molar-refractivity contribution in [3.05, 3.63) is 23.9 Å². The standard InChI is InChI=1S/C12H19N3/c1-9-5-4-6-12(13-9)14-11-7-10(2)15(3)8-11/h4-6,10-11H,7-8H2,1-3H3,(H,13,14). The third-order valence-corrected chi connectivity index (χ3v) is 3.13. The molecule has 2 unspecified atom stereocenters. The molecule has 2 heterocycles. The smallest absolute Gasteiger partial charge is 0.126 e. The van der Waals surface area contributed by atoms with Gasteiger partial charge in [-0.15, -0.1) is 0 Å². The highest BCUT2D eigenvalue weighted by molar-refractivity contribution is 5.36. The summed E-state index contributed by atoms with van der Waals surface area (Å²) >= 11 is 0. The highest BCUT2D eigenvalue weighted by Gasteiger charge is 2.25. The second-order valence-electron chi connectivity index (χ2n) is 4.53. The average Bonchev–Trinajstić information content (AvgIpc) is 2.45. The van der Waals surface area contributed by atoms with Crippen LogP contribution >= 0.6 is 0 Å². The molecule has 3 nitrogen and oxygen atoms in total. The minimum absolute atomic E-state index is 0.541. The van der Waals surface area contributed by atoms with Crippen molar-refractivity contribution < 1.29 is 0 Å². The van der Waals surface area contributed by atoms with Crippen molar-refractivity contribution in [1.29, 1.82) is 0 Å². The molecule has 1 aliphatic rings. The van der Waals surface area contributed by atoms with E-state index >= 15 is 0 Å². The summed E-state index contributed by atoms with van der Waals surface area (Å²) in [6, 6.07) is 7.32. The minimum Gasteiger partial charge on any atom is -0.366 e. The third-order valence-electron chi connectivity index (χ3n) is 3.13. The summed E-state index contributed by atoms with van der Waals surface area (Å²) in [5, 5.41) is 3.49. The lowest BCUT2D eigenvalue weighted by molar-refractivity contribution is 0.330. The van der Waals surface area contributed by atoms with E-state index in [4.69, 9.17) is 0 Å². The maximum atomic E-state index is 4.46. The zero-order chi connectivity index (χ0) is 10.8. The van der Waals surface area contributed by atoms with E-state index in [9.17, 15) is 0 Å². The van der Waals surface area contributed by atoms with Crippen LogP contribution in [0.5, 0.6) is 0 Å². The van der Waals surface area contributed by atoms with Gasteiger partial charge in [0.25, 0.3) is 0 Å². The van der Waals surface area contributed by atoms with Crippen molar-refractivity contribution in [2.45, 2.75) is 32.4 Å². The first kappa shape index (κ1) is 10.4. The van der Waals surface area contributed by atoms with Gasteiger partial charge in [0.15, 0.2) is 0 Å². The second kappa shape index (κ2) is 4.19. The molecule has 0 radical (unpaired) electrons. The molecule has 0 saturated carbocycles. The number of likely N-dealkylation sites (tertiary alicyclic amines) is 1. The largest absolute Gasteiger partial charge is 0.366 e. The molecular weight excluding hydrogens is 186 g/mol. The first-order valence-electron chi connectivity index (χ1n) is 5.55. The lowest BCUT2D eigenvalue weighted by Crippen LogP contribution is -2.25. The number of hydrogen-bond acceptors (Lipinski definition) is 3. The number of rotatable bonds is 2. The fourth-order valence-corrected chi connectivity index (χ4v) is 2.13. The van der Waals surface area contributed by atoms with E-state index in [1.54, 1.807) is 0 Å². The van der Waals surface area contributed by atoms with Gasteiger partial charge < -0.3 is 10.2 Å². The Balaban J connectivity index is 1.98. The van der Waals surface area contributed by atoms with E-state index in [0.29, 0.717) is 12.1 Å². The normalized spacial score (nSPS) is 26.9. The van der Waals surface area contributed by atoms with Crippen LogP contribution in [0.2, 0.25) is 0 Å². The summed E-state index contributed by atoms with van der Waals surface area (Å²) in [7, 11) is 2.18. The second-order valence-corrected chi connectivity index (χ2v) is 4.53. The molecule has 1 aromatic heterocycles. The number of anilines is 1. The van der Waals surface area contributed by atoms with E-state index in [1.165, 1.54) is 6.42 Å². The van der Waals surface area contributed by atoms with Crippen LogP contribution in [0.25, 0.3) is 0 Å². The molecule has 1 N–H and O–H groups in total. The highest BCUT2D eigenvalue weighted by atomic mass is 15.2. The first-order chi connectivity index (χ1) is 7.15. The van der Waals surface area contributed by atoms with Gasteiger partial charge in [0.05, 0.1) is 0 Å². The van der Waals surface area contributed by atoms with Gasteiger partial charge in [-0.25, -0.2) is 4.98 Å². The molecule has 15 heavy (non-hydrogen) atoms. The van der Waals surface area contributed by atoms with E-state index < -0.39 is 0 Å². The van der Waals surface area contributed by atoms with Gasteiger partial charge in [-0.2, -0.15) is 0 Å². The van der Waals surface area contributed by atoms with Crippen molar-refractivity contribution in [3.8, 4) is 0 Å². The van der Waals surface area contributed by atoms with Crippen LogP contribution < -0.4 is 5.32 Å². The SMILES string of the molecule is Cc1cccc(NC2CC(C)N(C)C2)n1. The summed E-state index contributed by atoms with van der Waals surface area (Å²) in [4.78, 5) is 6.84. The Hall–Kier alpha value is -1.09. The van der Waals surface area contributed by atoms with Gasteiger partial charge in [0.1, 0.15) is 5.82 Å². The van der Waals surface area contributed by atoms with Gasteiger partial charge in [-0.1, -0.05) is 6.07 Å². The molecule has 3 heteroatoms. The van der Waals surface area contributed by atoms with Crippen LogP contribution in [-0.2, 0) is 0 Å². The molecule has 0 aromatic carbocycles. The maximum Gasteiger partial charge on any atom is 0.126 e. The molecular formula is C12H19N3. The van der Waals surface area contributed by atoms with Crippen LogP contribution in [0.4, 0.5) is 5.82 Å². The maximum absolute atomic E-state index is 4.46. The van der Waals surface area contributed by atoms with Gasteiger partial charge in [-0.3, -0.25) is 0 Å². The van der Waals surface area contributed by atoms with Crippen LogP contribution in [0.1, 0.15) is 19.0 Å². The predicted octanol–water partition coefficient (Wildman–Crippen LogP) is 1.89. The molecule has 1 saturated heterocycles. The molecule has 1 fully saturated rings. The van der Waals surface area contributed by atoms with Crippen molar-refractivity contribution in [3.63, 3.8) is 0 Å². The molecule has 1 aliphatic heterocycles. The lowest BCUT2D eigenvalue weighted by atomic mass is 10.2. The van der Waals surface area contributed by atoms with E-state index in [2.05, 4.69) is 29.2 Å². The Labute approximate surface area is 91.5 Å². The summed E-state index contributed by atoms with van der Waals surface area (Å²) in [5.74, 6) is 1.00. The molecule has 2 rings (SSSR count). The van der Waals surface area contributed by atoms with E-state index in [0.717, 1.165) is 18.1 Å². The number of aromatic nitrogens is 1. The molecule has 2 atom stereocenters. The van der Waals surface area contributed by atoms with E-state index in [1.807, 2.05) is 25.1 Å². The first-order valence-corrected chi connectivity index (χ1v) is 5.55. The van der Waals surface area contributed by atoms with Crippen molar-refractivity contribution in [2.24, 2.45) is 0 Å². The van der Waals surface area contributed by atoms with Gasteiger partial charge >= 0.3 is 0 Å². The minimum atomic E-state index is 0.541.